The third-order valence-electron chi connectivity index (χ3n) is 6.17. The molecule has 4 nitrogen and oxygen atoms in total. The minimum atomic E-state index is 0.00661. The molecule has 4 heteroatoms. The largest absolute Gasteiger partial charge is 0.507 e. The first-order chi connectivity index (χ1) is 14.6. The number of aromatic hydroxyl groups is 2. The van der Waals surface area contributed by atoms with Gasteiger partial charge in [-0.3, -0.25) is 9.98 Å². The summed E-state index contributed by atoms with van der Waals surface area (Å²) < 4.78 is 0. The van der Waals surface area contributed by atoms with E-state index < -0.39 is 0 Å². The van der Waals surface area contributed by atoms with Gasteiger partial charge in [-0.05, 0) is 73.4 Å². The van der Waals surface area contributed by atoms with Gasteiger partial charge < -0.3 is 10.2 Å². The Morgan fingerprint density at radius 1 is 0.774 bits per heavy atom. The number of benzene rings is 2. The molecule has 3 rings (SSSR count). The van der Waals surface area contributed by atoms with E-state index >= 15 is 0 Å². The Hall–Kier alpha value is -2.62. The van der Waals surface area contributed by atoms with E-state index in [4.69, 9.17) is 9.98 Å². The van der Waals surface area contributed by atoms with Crippen molar-refractivity contribution in [1.29, 1.82) is 0 Å². The summed E-state index contributed by atoms with van der Waals surface area (Å²) in [6.07, 6.45) is 7.86. The van der Waals surface area contributed by atoms with Crippen molar-refractivity contribution in [3.05, 3.63) is 57.6 Å². The van der Waals surface area contributed by atoms with Crippen LogP contribution >= 0.6 is 0 Å². The van der Waals surface area contributed by atoms with Crippen molar-refractivity contribution in [2.24, 2.45) is 9.98 Å². The molecule has 2 aromatic carbocycles. The zero-order valence-corrected chi connectivity index (χ0v) is 19.7. The van der Waals surface area contributed by atoms with Gasteiger partial charge in [0, 0.05) is 23.6 Å². The first-order valence-electron chi connectivity index (χ1n) is 11.3. The van der Waals surface area contributed by atoms with Gasteiger partial charge in [-0.1, -0.05) is 45.7 Å². The van der Waals surface area contributed by atoms with Crippen LogP contribution < -0.4 is 0 Å². The van der Waals surface area contributed by atoms with Gasteiger partial charge in [-0.2, -0.15) is 0 Å². The first-order valence-corrected chi connectivity index (χ1v) is 11.3. The SMILES string of the molecule is Cc1cc(C)c(O)c(C=N[C@@H]2CCCC[C@H]2N=Cc2cc(C(C)(C)C)cc(C)c2O)c1. The summed E-state index contributed by atoms with van der Waals surface area (Å²) in [5.74, 6) is 0.595. The summed E-state index contributed by atoms with van der Waals surface area (Å²) in [6, 6.07) is 8.19. The van der Waals surface area contributed by atoms with E-state index in [1.165, 1.54) is 5.56 Å². The van der Waals surface area contributed by atoms with Crippen LogP contribution in [0.3, 0.4) is 0 Å². The first kappa shape index (κ1) is 23.1. The van der Waals surface area contributed by atoms with Crippen molar-refractivity contribution in [1.82, 2.24) is 0 Å². The van der Waals surface area contributed by atoms with E-state index in [0.717, 1.165) is 53.5 Å². The number of nitrogens with zero attached hydrogens (tertiary/aromatic N) is 2. The van der Waals surface area contributed by atoms with E-state index in [1.54, 1.807) is 6.21 Å². The summed E-state index contributed by atoms with van der Waals surface area (Å²) in [5.41, 5.74) is 5.57. The highest BCUT2D eigenvalue weighted by Gasteiger charge is 2.24. The van der Waals surface area contributed by atoms with Crippen LogP contribution in [0.5, 0.6) is 11.5 Å². The Morgan fingerprint density at radius 2 is 1.26 bits per heavy atom. The molecule has 2 N–H and O–H groups in total. The molecule has 0 bridgehead atoms. The topological polar surface area (TPSA) is 65.2 Å². The molecule has 1 aliphatic carbocycles. The average Bonchev–Trinajstić information content (AvgIpc) is 2.70. The molecular formula is C27H36N2O2. The molecule has 0 unspecified atom stereocenters. The summed E-state index contributed by atoms with van der Waals surface area (Å²) in [6.45, 7) is 12.4. The fourth-order valence-corrected chi connectivity index (χ4v) is 4.22. The lowest BCUT2D eigenvalue weighted by Gasteiger charge is -2.26. The minimum Gasteiger partial charge on any atom is -0.507 e. The van der Waals surface area contributed by atoms with Crippen molar-refractivity contribution < 1.29 is 10.2 Å². The number of aliphatic imine (C=N–C) groups is 2. The number of rotatable bonds is 4. The molecule has 31 heavy (non-hydrogen) atoms. The van der Waals surface area contributed by atoms with Crippen LogP contribution in [0.15, 0.2) is 34.3 Å². The number of phenols is 2. The molecule has 0 aromatic heterocycles. The van der Waals surface area contributed by atoms with E-state index in [9.17, 15) is 10.2 Å². The van der Waals surface area contributed by atoms with Crippen molar-refractivity contribution in [2.45, 2.75) is 84.7 Å². The van der Waals surface area contributed by atoms with E-state index in [-0.39, 0.29) is 17.5 Å². The second-order valence-electron chi connectivity index (χ2n) is 9.98. The number of aryl methyl sites for hydroxylation is 3. The van der Waals surface area contributed by atoms with Crippen LogP contribution in [0.1, 0.15) is 79.8 Å². The molecule has 0 aliphatic heterocycles. The highest BCUT2D eigenvalue weighted by molar-refractivity contribution is 5.85. The van der Waals surface area contributed by atoms with Gasteiger partial charge in [0.2, 0.25) is 0 Å². The number of hydrogen-bond acceptors (Lipinski definition) is 4. The molecule has 1 saturated carbocycles. The van der Waals surface area contributed by atoms with Gasteiger partial charge in [0.15, 0.2) is 0 Å². The van der Waals surface area contributed by atoms with Crippen molar-refractivity contribution in [2.75, 3.05) is 0 Å². The predicted molar refractivity (Wildman–Crippen MR) is 130 cm³/mol. The Morgan fingerprint density at radius 3 is 1.77 bits per heavy atom. The van der Waals surface area contributed by atoms with Gasteiger partial charge in [-0.15, -0.1) is 0 Å². The molecule has 0 radical (unpaired) electrons. The fraction of sp³-hybridized carbons (Fsp3) is 0.481. The highest BCUT2D eigenvalue weighted by Crippen LogP contribution is 2.31. The molecule has 0 heterocycles. The zero-order chi connectivity index (χ0) is 22.8. The lowest BCUT2D eigenvalue weighted by Crippen LogP contribution is -2.27. The van der Waals surface area contributed by atoms with Crippen LogP contribution in [0.2, 0.25) is 0 Å². The lowest BCUT2D eigenvalue weighted by molar-refractivity contribution is 0.390. The maximum absolute atomic E-state index is 10.6. The average molecular weight is 421 g/mol. The molecule has 166 valence electrons. The standard InChI is InChI=1S/C27H36N2O2/c1-17-11-18(2)25(30)20(12-17)15-28-23-9-7-8-10-24(23)29-16-21-14-22(27(4,5)6)13-19(3)26(21)31/h11-16,23-24,30-31H,7-10H2,1-6H3/t23-,24-/m1/s1. The lowest BCUT2D eigenvalue weighted by atomic mass is 9.85. The molecule has 0 spiro atoms. The summed E-state index contributed by atoms with van der Waals surface area (Å²) in [7, 11) is 0. The van der Waals surface area contributed by atoms with Crippen LogP contribution in [0, 0.1) is 20.8 Å². The zero-order valence-electron chi connectivity index (χ0n) is 19.7. The van der Waals surface area contributed by atoms with Crippen LogP contribution in [0.4, 0.5) is 0 Å². The van der Waals surface area contributed by atoms with Gasteiger partial charge in [-0.25, -0.2) is 0 Å². The molecule has 2 atom stereocenters. The Balaban J connectivity index is 1.85. The van der Waals surface area contributed by atoms with Crippen molar-refractivity contribution in [3.63, 3.8) is 0 Å². The summed E-state index contributed by atoms with van der Waals surface area (Å²) in [4.78, 5) is 9.69. The van der Waals surface area contributed by atoms with Crippen LogP contribution in [-0.4, -0.2) is 34.7 Å². The molecule has 1 fully saturated rings. The quantitative estimate of drug-likeness (QED) is 0.581. The Kier molecular flexibility index (Phi) is 6.88. The summed E-state index contributed by atoms with van der Waals surface area (Å²) >= 11 is 0. The third-order valence-corrected chi connectivity index (χ3v) is 6.17. The smallest absolute Gasteiger partial charge is 0.127 e. The van der Waals surface area contributed by atoms with Gasteiger partial charge >= 0.3 is 0 Å². The van der Waals surface area contributed by atoms with Crippen LogP contribution in [0.25, 0.3) is 0 Å². The van der Waals surface area contributed by atoms with Crippen molar-refractivity contribution >= 4 is 12.4 Å². The normalized spacial score (nSPS) is 20.1. The van der Waals surface area contributed by atoms with Gasteiger partial charge in [0.1, 0.15) is 11.5 Å². The number of phenolic OH excluding ortho intramolecular Hbond substituents is 2. The molecule has 1 aliphatic rings. The van der Waals surface area contributed by atoms with Crippen molar-refractivity contribution in [3.8, 4) is 11.5 Å². The minimum absolute atomic E-state index is 0.00661. The van der Waals surface area contributed by atoms with E-state index in [0.29, 0.717) is 11.5 Å². The second-order valence-corrected chi connectivity index (χ2v) is 9.98. The van der Waals surface area contributed by atoms with E-state index in [1.807, 2.05) is 45.2 Å². The van der Waals surface area contributed by atoms with Gasteiger partial charge in [0.25, 0.3) is 0 Å². The summed E-state index contributed by atoms with van der Waals surface area (Å²) in [5, 5.41) is 20.9. The Labute approximate surface area is 186 Å². The predicted octanol–water partition coefficient (Wildman–Crippen LogP) is 6.17. The van der Waals surface area contributed by atoms with Crippen LogP contribution in [-0.2, 0) is 5.41 Å². The number of hydrogen-bond donors (Lipinski definition) is 2. The molecule has 0 amide bonds. The van der Waals surface area contributed by atoms with E-state index in [2.05, 4.69) is 26.8 Å². The highest BCUT2D eigenvalue weighted by atomic mass is 16.3. The maximum Gasteiger partial charge on any atom is 0.127 e. The molecular weight excluding hydrogens is 384 g/mol. The third kappa shape index (κ3) is 5.55. The Bertz CT molecular complexity index is 999. The fourth-order valence-electron chi connectivity index (χ4n) is 4.22. The molecule has 0 saturated heterocycles. The van der Waals surface area contributed by atoms with Gasteiger partial charge in [0.05, 0.1) is 12.1 Å². The monoisotopic (exact) mass is 420 g/mol. The second kappa shape index (κ2) is 9.25. The maximum atomic E-state index is 10.6. The molecule has 2 aromatic rings.